The maximum absolute atomic E-state index is 13.8. The van der Waals surface area contributed by atoms with Crippen molar-refractivity contribution >= 4 is 17.6 Å². The minimum atomic E-state index is -4.84. The molecule has 3 aliphatic rings. The monoisotopic (exact) mass is 492 g/mol. The summed E-state index contributed by atoms with van der Waals surface area (Å²) in [7, 11) is 1.02. The number of anilines is 2. The van der Waals surface area contributed by atoms with E-state index in [9.17, 15) is 18.0 Å². The first kappa shape index (κ1) is 23.8. The van der Waals surface area contributed by atoms with Crippen LogP contribution in [-0.2, 0) is 21.1 Å². The highest BCUT2D eigenvalue weighted by molar-refractivity contribution is 5.90. The van der Waals surface area contributed by atoms with Crippen molar-refractivity contribution in [1.82, 2.24) is 15.3 Å². The number of nitrogens with one attached hydrogen (secondary N) is 1. The molecule has 5 rings (SSSR count). The van der Waals surface area contributed by atoms with Gasteiger partial charge in [0, 0.05) is 37.1 Å². The second-order valence-electron chi connectivity index (χ2n) is 9.15. The number of hydrogen-bond acceptors (Lipinski definition) is 8. The molecule has 1 spiro atoms. The van der Waals surface area contributed by atoms with Gasteiger partial charge in [0.1, 0.15) is 17.4 Å². The summed E-state index contributed by atoms with van der Waals surface area (Å²) in [4.78, 5) is 21.6. The Morgan fingerprint density at radius 1 is 1.23 bits per heavy atom. The van der Waals surface area contributed by atoms with Crippen LogP contribution in [0.3, 0.4) is 0 Å². The molecule has 1 aromatic carbocycles. The summed E-state index contributed by atoms with van der Waals surface area (Å²) in [5.74, 6) is -0.491. The van der Waals surface area contributed by atoms with Gasteiger partial charge in [0.2, 0.25) is 5.95 Å². The molecule has 1 N–H and O–H groups in total. The molecule has 1 aromatic heterocycles. The highest BCUT2D eigenvalue weighted by Gasteiger charge is 2.46. The third kappa shape index (κ3) is 4.54. The van der Waals surface area contributed by atoms with Crippen molar-refractivity contribution < 1.29 is 32.2 Å². The van der Waals surface area contributed by atoms with Gasteiger partial charge in [0.15, 0.2) is 5.69 Å². The van der Waals surface area contributed by atoms with E-state index in [-0.39, 0.29) is 17.5 Å². The average Bonchev–Trinajstić information content (AvgIpc) is 3.16. The van der Waals surface area contributed by atoms with Gasteiger partial charge in [-0.25, -0.2) is 14.8 Å². The molecule has 0 radical (unpaired) electrons. The summed E-state index contributed by atoms with van der Waals surface area (Å²) in [6, 6.07) is 5.72. The SMILES string of the molecule is COC(=O)c1cnc(N2CC3(CCOCC3)c3cc(OC4CCNCC4)ccc32)nc1C(F)(F)F. The quantitative estimate of drug-likeness (QED) is 0.648. The predicted molar refractivity (Wildman–Crippen MR) is 120 cm³/mol. The van der Waals surface area contributed by atoms with Crippen LogP contribution in [0.4, 0.5) is 24.8 Å². The number of carbonyl (C=O) groups is 1. The molecule has 4 heterocycles. The van der Waals surface area contributed by atoms with E-state index in [4.69, 9.17) is 9.47 Å². The van der Waals surface area contributed by atoms with E-state index in [1.807, 2.05) is 18.2 Å². The van der Waals surface area contributed by atoms with Crippen LogP contribution in [0.25, 0.3) is 0 Å². The van der Waals surface area contributed by atoms with Crippen molar-refractivity contribution in [1.29, 1.82) is 0 Å². The van der Waals surface area contributed by atoms with Gasteiger partial charge in [-0.3, -0.25) is 0 Å². The molecule has 0 bridgehead atoms. The molecule has 2 fully saturated rings. The van der Waals surface area contributed by atoms with Gasteiger partial charge in [0.05, 0.1) is 7.11 Å². The predicted octanol–water partition coefficient (Wildman–Crippen LogP) is 3.61. The zero-order valence-electron chi connectivity index (χ0n) is 19.4. The number of halogens is 3. The molecule has 0 atom stereocenters. The molecule has 0 saturated carbocycles. The van der Waals surface area contributed by atoms with Crippen LogP contribution in [0, 0.1) is 0 Å². The van der Waals surface area contributed by atoms with Gasteiger partial charge >= 0.3 is 12.1 Å². The number of hydrogen-bond donors (Lipinski definition) is 1. The Balaban J connectivity index is 1.54. The average molecular weight is 492 g/mol. The number of piperidine rings is 1. The Bertz CT molecular complexity index is 1100. The molecule has 3 aliphatic heterocycles. The van der Waals surface area contributed by atoms with Crippen molar-refractivity contribution in [2.45, 2.75) is 43.4 Å². The Hall–Kier alpha value is -2.92. The van der Waals surface area contributed by atoms with Gasteiger partial charge in [-0.05, 0) is 62.5 Å². The molecule has 0 aliphatic carbocycles. The Labute approximate surface area is 200 Å². The normalized spacial score (nSPS) is 20.1. The Kier molecular flexibility index (Phi) is 6.30. The molecule has 35 heavy (non-hydrogen) atoms. The summed E-state index contributed by atoms with van der Waals surface area (Å²) in [5, 5.41) is 3.32. The van der Waals surface area contributed by atoms with Crippen molar-refractivity contribution in [2.75, 3.05) is 44.9 Å². The van der Waals surface area contributed by atoms with Gasteiger partial charge in [-0.1, -0.05) is 0 Å². The number of nitrogens with zero attached hydrogens (tertiary/aromatic N) is 3. The van der Waals surface area contributed by atoms with Crippen LogP contribution in [0.15, 0.2) is 24.4 Å². The number of rotatable bonds is 4. The lowest BCUT2D eigenvalue weighted by atomic mass is 9.76. The van der Waals surface area contributed by atoms with Crippen molar-refractivity contribution in [3.05, 3.63) is 41.2 Å². The van der Waals surface area contributed by atoms with Gasteiger partial charge in [-0.2, -0.15) is 13.2 Å². The summed E-state index contributed by atoms with van der Waals surface area (Å²) >= 11 is 0. The van der Waals surface area contributed by atoms with E-state index in [2.05, 4.69) is 20.0 Å². The molecule has 188 valence electrons. The Morgan fingerprint density at radius 3 is 2.66 bits per heavy atom. The summed E-state index contributed by atoms with van der Waals surface area (Å²) in [6.07, 6.45) is -0.543. The highest BCUT2D eigenvalue weighted by Crippen LogP contribution is 2.50. The number of alkyl halides is 3. The maximum Gasteiger partial charge on any atom is 0.434 e. The van der Waals surface area contributed by atoms with Crippen molar-refractivity contribution in [2.24, 2.45) is 0 Å². The zero-order chi connectivity index (χ0) is 24.6. The smallest absolute Gasteiger partial charge is 0.434 e. The van der Waals surface area contributed by atoms with Gasteiger partial charge in [0.25, 0.3) is 0 Å². The number of esters is 1. The minimum Gasteiger partial charge on any atom is -0.490 e. The molecule has 11 heteroatoms. The number of fused-ring (bicyclic) bond motifs is 2. The molecule has 2 aromatic rings. The van der Waals surface area contributed by atoms with Crippen LogP contribution in [0.5, 0.6) is 5.75 Å². The first-order chi connectivity index (χ1) is 16.8. The Morgan fingerprint density at radius 2 is 1.97 bits per heavy atom. The number of aromatic nitrogens is 2. The molecule has 8 nitrogen and oxygen atoms in total. The lowest BCUT2D eigenvalue weighted by Gasteiger charge is -2.34. The van der Waals surface area contributed by atoms with Crippen LogP contribution in [0.1, 0.15) is 47.3 Å². The summed E-state index contributed by atoms with van der Waals surface area (Å²) < 4.78 is 57.7. The second kappa shape index (κ2) is 9.27. The van der Waals surface area contributed by atoms with Crippen molar-refractivity contribution in [3.8, 4) is 5.75 Å². The van der Waals surface area contributed by atoms with E-state index in [1.165, 1.54) is 0 Å². The lowest BCUT2D eigenvalue weighted by molar-refractivity contribution is -0.141. The number of benzene rings is 1. The van der Waals surface area contributed by atoms with E-state index in [0.29, 0.717) is 19.8 Å². The van der Waals surface area contributed by atoms with E-state index >= 15 is 0 Å². The number of methoxy groups -OCH3 is 1. The standard InChI is InChI=1S/C24H27F3N4O4/c1-33-21(32)17-13-29-22(30-20(17)24(25,26)27)31-14-23(6-10-34-11-7-23)18-12-16(2-3-19(18)31)35-15-4-8-28-9-5-15/h2-3,12-13,15,28H,4-11,14H2,1H3. The fourth-order valence-electron chi connectivity index (χ4n) is 5.17. The van der Waals surface area contributed by atoms with Crippen LogP contribution < -0.4 is 15.0 Å². The molecular weight excluding hydrogens is 465 g/mol. The largest absolute Gasteiger partial charge is 0.490 e. The third-order valence-electron chi connectivity index (χ3n) is 7.02. The van der Waals surface area contributed by atoms with Crippen LogP contribution >= 0.6 is 0 Å². The van der Waals surface area contributed by atoms with E-state index in [1.54, 1.807) is 4.90 Å². The summed E-state index contributed by atoms with van der Waals surface area (Å²) in [5.41, 5.74) is -0.599. The van der Waals surface area contributed by atoms with Gasteiger partial charge < -0.3 is 24.4 Å². The third-order valence-corrected chi connectivity index (χ3v) is 7.02. The first-order valence-corrected chi connectivity index (χ1v) is 11.7. The van der Waals surface area contributed by atoms with E-state index in [0.717, 1.165) is 69.1 Å². The van der Waals surface area contributed by atoms with Crippen LogP contribution in [0.2, 0.25) is 0 Å². The molecular formula is C24H27F3N4O4. The lowest BCUT2D eigenvalue weighted by Crippen LogP contribution is -2.38. The fraction of sp³-hybridized carbons (Fsp3) is 0.542. The highest BCUT2D eigenvalue weighted by atomic mass is 19.4. The summed E-state index contributed by atoms with van der Waals surface area (Å²) in [6.45, 7) is 3.35. The minimum absolute atomic E-state index is 0.110. The molecule has 0 amide bonds. The van der Waals surface area contributed by atoms with Crippen LogP contribution in [-0.4, -0.2) is 62.0 Å². The zero-order valence-corrected chi connectivity index (χ0v) is 19.4. The number of ether oxygens (including phenoxy) is 3. The van der Waals surface area contributed by atoms with E-state index < -0.39 is 23.4 Å². The van der Waals surface area contributed by atoms with Gasteiger partial charge in [-0.15, -0.1) is 0 Å². The topological polar surface area (TPSA) is 85.8 Å². The van der Waals surface area contributed by atoms with Crippen molar-refractivity contribution in [3.63, 3.8) is 0 Å². The second-order valence-corrected chi connectivity index (χ2v) is 9.15. The maximum atomic E-state index is 13.8. The molecule has 0 unspecified atom stereocenters. The number of carbonyl (C=O) groups excluding carboxylic acids is 1. The molecule has 2 saturated heterocycles. The fourth-order valence-corrected chi connectivity index (χ4v) is 5.17. The first-order valence-electron chi connectivity index (χ1n) is 11.7.